The van der Waals surface area contributed by atoms with Gasteiger partial charge in [0, 0.05) is 23.7 Å². The fraction of sp³-hybridized carbons (Fsp3) is 0.333. The highest BCUT2D eigenvalue weighted by atomic mass is 35.5. The van der Waals surface area contributed by atoms with Crippen molar-refractivity contribution in [3.63, 3.8) is 0 Å². The number of nitrogens with zero attached hydrogens (tertiary/aromatic N) is 3. The van der Waals surface area contributed by atoms with E-state index in [1.165, 1.54) is 18.2 Å². The molecule has 1 aliphatic carbocycles. The second-order valence-corrected chi connectivity index (χ2v) is 12.6. The molecule has 0 unspecified atom stereocenters. The van der Waals surface area contributed by atoms with Gasteiger partial charge in [0.2, 0.25) is 5.95 Å². The number of rotatable bonds is 8. The number of aryl methyl sites for hydroxylation is 1. The summed E-state index contributed by atoms with van der Waals surface area (Å²) in [5.41, 5.74) is 1.02. The van der Waals surface area contributed by atoms with Crippen LogP contribution in [0.1, 0.15) is 38.2 Å². The molecule has 7 nitrogen and oxygen atoms in total. The summed E-state index contributed by atoms with van der Waals surface area (Å²) in [5.74, 6) is -1.33. The zero-order valence-corrected chi connectivity index (χ0v) is 24.7. The van der Waals surface area contributed by atoms with E-state index in [-0.39, 0.29) is 32.8 Å². The molecule has 5 rings (SSSR count). The van der Waals surface area contributed by atoms with Gasteiger partial charge in [-0.05, 0) is 93.7 Å². The molecule has 1 aliphatic rings. The maximum atomic E-state index is 15.8. The molecule has 0 saturated heterocycles. The summed E-state index contributed by atoms with van der Waals surface area (Å²) in [7, 11) is -0.00477. The van der Waals surface area contributed by atoms with Gasteiger partial charge in [-0.1, -0.05) is 30.7 Å². The molecule has 4 aromatic rings. The first-order valence-electron chi connectivity index (χ1n) is 13.6. The Balaban J connectivity index is 1.46. The zero-order chi connectivity index (χ0) is 29.3. The SMILES string of the molecule is CCc1cc(-c2c(F)ccc(NS(=O)(=O)c3ccccc3Cl)c2F)cc2cnc(NC3CCC(N(C)C)CC3)nc12. The van der Waals surface area contributed by atoms with Crippen molar-refractivity contribution in [1.82, 2.24) is 14.9 Å². The van der Waals surface area contributed by atoms with E-state index in [4.69, 9.17) is 16.6 Å². The highest BCUT2D eigenvalue weighted by Gasteiger charge is 2.25. The number of nitrogens with one attached hydrogen (secondary N) is 2. The predicted octanol–water partition coefficient (Wildman–Crippen LogP) is 6.88. The summed E-state index contributed by atoms with van der Waals surface area (Å²) in [4.78, 5) is 11.3. The molecule has 0 atom stereocenters. The lowest BCUT2D eigenvalue weighted by molar-refractivity contribution is 0.221. The van der Waals surface area contributed by atoms with E-state index in [9.17, 15) is 8.42 Å². The third kappa shape index (κ3) is 6.14. The molecule has 0 spiro atoms. The number of fused-ring (bicyclic) bond motifs is 1. The quantitative estimate of drug-likeness (QED) is 0.230. The Bertz CT molecular complexity index is 1690. The molecule has 0 bridgehead atoms. The minimum atomic E-state index is -4.22. The first-order chi connectivity index (χ1) is 19.6. The molecule has 11 heteroatoms. The number of halogens is 3. The molecule has 0 aliphatic heterocycles. The Morgan fingerprint density at radius 2 is 1.78 bits per heavy atom. The summed E-state index contributed by atoms with van der Waals surface area (Å²) in [6, 6.07) is 12.1. The van der Waals surface area contributed by atoms with Crippen LogP contribution in [0.15, 0.2) is 59.6 Å². The van der Waals surface area contributed by atoms with Gasteiger partial charge in [0.15, 0.2) is 5.82 Å². The van der Waals surface area contributed by atoms with E-state index in [0.29, 0.717) is 29.3 Å². The highest BCUT2D eigenvalue weighted by molar-refractivity contribution is 7.92. The molecule has 216 valence electrons. The fourth-order valence-corrected chi connectivity index (χ4v) is 6.96. The van der Waals surface area contributed by atoms with Crippen molar-refractivity contribution in [2.75, 3.05) is 24.1 Å². The maximum absolute atomic E-state index is 15.8. The van der Waals surface area contributed by atoms with Gasteiger partial charge in [-0.3, -0.25) is 4.72 Å². The van der Waals surface area contributed by atoms with Gasteiger partial charge < -0.3 is 10.2 Å². The van der Waals surface area contributed by atoms with Gasteiger partial charge in [-0.15, -0.1) is 0 Å². The van der Waals surface area contributed by atoms with Crippen LogP contribution in [0.2, 0.25) is 5.02 Å². The molecular formula is C30H32ClF2N5O2S. The summed E-state index contributed by atoms with van der Waals surface area (Å²) in [6.07, 6.45) is 6.48. The van der Waals surface area contributed by atoms with Crippen molar-refractivity contribution in [3.05, 3.63) is 76.9 Å². The molecule has 2 N–H and O–H groups in total. The lowest BCUT2D eigenvalue weighted by atomic mass is 9.90. The lowest BCUT2D eigenvalue weighted by Crippen LogP contribution is -2.36. The predicted molar refractivity (Wildman–Crippen MR) is 160 cm³/mol. The summed E-state index contributed by atoms with van der Waals surface area (Å²) >= 11 is 6.05. The van der Waals surface area contributed by atoms with Crippen LogP contribution in [-0.4, -0.2) is 49.5 Å². The Labute approximate surface area is 244 Å². The number of hydrogen-bond donors (Lipinski definition) is 2. The van der Waals surface area contributed by atoms with Crippen molar-refractivity contribution in [3.8, 4) is 11.1 Å². The Morgan fingerprint density at radius 1 is 1.05 bits per heavy atom. The van der Waals surface area contributed by atoms with Crippen molar-refractivity contribution >= 4 is 44.2 Å². The molecular weight excluding hydrogens is 568 g/mol. The van der Waals surface area contributed by atoms with Gasteiger partial charge in [-0.2, -0.15) is 0 Å². The van der Waals surface area contributed by atoms with E-state index in [2.05, 4.69) is 34.0 Å². The second-order valence-electron chi connectivity index (χ2n) is 10.6. The summed E-state index contributed by atoms with van der Waals surface area (Å²) in [5, 5.41) is 4.07. The summed E-state index contributed by atoms with van der Waals surface area (Å²) in [6.45, 7) is 1.94. The normalized spacial score (nSPS) is 17.6. The molecule has 0 amide bonds. The van der Waals surface area contributed by atoms with Crippen LogP contribution in [0.5, 0.6) is 0 Å². The summed E-state index contributed by atoms with van der Waals surface area (Å²) < 4.78 is 58.9. The maximum Gasteiger partial charge on any atom is 0.263 e. The van der Waals surface area contributed by atoms with E-state index < -0.39 is 21.7 Å². The van der Waals surface area contributed by atoms with Crippen molar-refractivity contribution in [1.29, 1.82) is 0 Å². The minimum Gasteiger partial charge on any atom is -0.351 e. The average Bonchev–Trinajstić information content (AvgIpc) is 2.94. The van der Waals surface area contributed by atoms with Crippen LogP contribution in [0, 0.1) is 11.6 Å². The molecule has 1 saturated carbocycles. The van der Waals surface area contributed by atoms with E-state index in [1.54, 1.807) is 24.4 Å². The Hall–Kier alpha value is -3.34. The molecule has 0 radical (unpaired) electrons. The van der Waals surface area contributed by atoms with Crippen LogP contribution in [-0.2, 0) is 16.4 Å². The Kier molecular flexibility index (Phi) is 8.45. The molecule has 1 aromatic heterocycles. The molecule has 1 heterocycles. The standard InChI is InChI=1S/C30H32ClF2N5O2S/c1-4-18-15-19(16-20-17-34-30(36-29(18)20)35-21-9-11-22(12-10-21)38(2)3)27-24(32)13-14-25(28(27)33)37-41(39,40)26-8-6-5-7-23(26)31/h5-8,13-17,21-22,37H,4,9-12H2,1-3H3,(H,34,35,36). The van der Waals surface area contributed by atoms with Crippen molar-refractivity contribution in [2.24, 2.45) is 0 Å². The number of aromatic nitrogens is 2. The Morgan fingerprint density at radius 3 is 2.46 bits per heavy atom. The zero-order valence-electron chi connectivity index (χ0n) is 23.1. The van der Waals surface area contributed by atoms with E-state index >= 15 is 8.78 Å². The highest BCUT2D eigenvalue weighted by Crippen LogP contribution is 2.35. The van der Waals surface area contributed by atoms with Crippen LogP contribution in [0.25, 0.3) is 22.0 Å². The van der Waals surface area contributed by atoms with Gasteiger partial charge in [-0.25, -0.2) is 27.2 Å². The van der Waals surface area contributed by atoms with E-state index in [1.807, 2.05) is 6.92 Å². The first-order valence-corrected chi connectivity index (χ1v) is 15.4. The van der Waals surface area contributed by atoms with Crippen LogP contribution < -0.4 is 10.0 Å². The van der Waals surface area contributed by atoms with Crippen LogP contribution >= 0.6 is 11.6 Å². The van der Waals surface area contributed by atoms with Gasteiger partial charge in [0.1, 0.15) is 10.7 Å². The smallest absolute Gasteiger partial charge is 0.263 e. The molecule has 41 heavy (non-hydrogen) atoms. The van der Waals surface area contributed by atoms with Gasteiger partial charge in [0.25, 0.3) is 10.0 Å². The monoisotopic (exact) mass is 599 g/mol. The van der Waals surface area contributed by atoms with Gasteiger partial charge >= 0.3 is 0 Å². The lowest BCUT2D eigenvalue weighted by Gasteiger charge is -2.33. The topological polar surface area (TPSA) is 87.2 Å². The number of benzene rings is 3. The van der Waals surface area contributed by atoms with Crippen molar-refractivity contribution < 1.29 is 17.2 Å². The average molecular weight is 600 g/mol. The van der Waals surface area contributed by atoms with E-state index in [0.717, 1.165) is 43.4 Å². The first kappa shape index (κ1) is 29.2. The largest absolute Gasteiger partial charge is 0.351 e. The minimum absolute atomic E-state index is 0.0139. The third-order valence-electron chi connectivity index (χ3n) is 7.65. The van der Waals surface area contributed by atoms with Crippen LogP contribution in [0.3, 0.4) is 0 Å². The van der Waals surface area contributed by atoms with Crippen LogP contribution in [0.4, 0.5) is 20.4 Å². The second kappa shape index (κ2) is 11.9. The number of hydrogen-bond acceptors (Lipinski definition) is 6. The van der Waals surface area contributed by atoms with Gasteiger partial charge in [0.05, 0.1) is 21.8 Å². The fourth-order valence-electron chi connectivity index (χ4n) is 5.38. The third-order valence-corrected chi connectivity index (χ3v) is 9.52. The number of anilines is 2. The number of sulfonamides is 1. The molecule has 3 aromatic carbocycles. The molecule has 1 fully saturated rings. The van der Waals surface area contributed by atoms with Crippen molar-refractivity contribution in [2.45, 2.75) is 56.0 Å².